The maximum atomic E-state index is 11.8. The third-order valence-corrected chi connectivity index (χ3v) is 20.6. The number of benzene rings is 12. The number of anilines is 6. The molecule has 0 fully saturated rings. The summed E-state index contributed by atoms with van der Waals surface area (Å²) in [7, 11) is 0. The van der Waals surface area contributed by atoms with Crippen LogP contribution in [0.1, 0.15) is 164 Å². The first-order chi connectivity index (χ1) is 64.7. The van der Waals surface area contributed by atoms with Crippen molar-refractivity contribution in [2.75, 3.05) is 9.80 Å². The Morgan fingerprint density at radius 1 is 0.330 bits per heavy atom. The molecule has 3 nitrogen and oxygen atoms in total. The zero-order valence-corrected chi connectivity index (χ0v) is 53.1. The van der Waals surface area contributed by atoms with Crippen molar-refractivity contribution in [1.82, 2.24) is 4.57 Å². The molecule has 0 spiro atoms. The van der Waals surface area contributed by atoms with Gasteiger partial charge in [0.1, 0.15) is 0 Å². The molecule has 2 aliphatic heterocycles. The number of nitrogens with zero attached hydrogens (tertiary/aromatic N) is 3. The lowest BCUT2D eigenvalue weighted by atomic mass is 9.33. The Bertz CT molecular complexity index is 8450. The summed E-state index contributed by atoms with van der Waals surface area (Å²) in [6.45, 7) is 4.40. The van der Waals surface area contributed by atoms with Crippen LogP contribution in [0.25, 0.3) is 77.2 Å². The molecule has 1 unspecified atom stereocenters. The molecule has 7 heteroatoms. The van der Waals surface area contributed by atoms with E-state index >= 15 is 0 Å². The number of fused-ring (bicyclic) bond motifs is 15. The van der Waals surface area contributed by atoms with Gasteiger partial charge in [-0.05, 0) is 157 Å². The summed E-state index contributed by atoms with van der Waals surface area (Å²) >= 11 is 1.54. The van der Waals surface area contributed by atoms with Gasteiger partial charge in [-0.2, -0.15) is 0 Å². The summed E-state index contributed by atoms with van der Waals surface area (Å²) in [5.41, 5.74) is -24.8. The van der Waals surface area contributed by atoms with Gasteiger partial charge in [0.25, 0.3) is 6.71 Å². The fourth-order valence-electron chi connectivity index (χ4n) is 12.3. The van der Waals surface area contributed by atoms with Crippen molar-refractivity contribution in [3.63, 3.8) is 0 Å². The fourth-order valence-corrected chi connectivity index (χ4v) is 15.4. The predicted molar refractivity (Wildman–Crippen MR) is 410 cm³/mol. The monoisotopic (exact) mass is 1310 g/mol. The highest BCUT2D eigenvalue weighted by atomic mass is 32.1. The Labute approximate surface area is 627 Å². The number of para-hydroxylation sites is 1. The molecule has 16 aromatic rings. The van der Waals surface area contributed by atoms with Crippen LogP contribution in [0.2, 0.25) is 0 Å². The van der Waals surface area contributed by atoms with Crippen LogP contribution in [0, 0.1) is 0 Å². The molecule has 12 aromatic carbocycles. The van der Waals surface area contributed by atoms with E-state index in [1.165, 1.54) is 27.7 Å². The second-order valence-electron chi connectivity index (χ2n) is 25.0. The Morgan fingerprint density at radius 2 is 0.766 bits per heavy atom. The normalized spacial score (nSPS) is 21.0. The average molecular weight is 1310 g/mol. The zero-order chi connectivity index (χ0) is 104. The van der Waals surface area contributed by atoms with Gasteiger partial charge in [0.2, 0.25) is 0 Å². The van der Waals surface area contributed by atoms with Gasteiger partial charge in [-0.25, -0.2) is 0 Å². The summed E-state index contributed by atoms with van der Waals surface area (Å²) in [4.78, 5) is 1.32. The first-order valence-electron chi connectivity index (χ1n) is 52.4. The van der Waals surface area contributed by atoms with E-state index in [4.69, 9.17) is 13.7 Å². The fraction of sp³-hybridized carbons (Fsp3) is 0.149. The summed E-state index contributed by atoms with van der Waals surface area (Å²) in [6, 6.07) is -42.8. The van der Waals surface area contributed by atoms with Gasteiger partial charge in [-0.3, -0.25) is 0 Å². The number of thiophene rings is 3. The minimum Gasteiger partial charge on any atom is -0.311 e. The summed E-state index contributed by atoms with van der Waals surface area (Å²) < 4.78 is 452. The molecule has 0 saturated heterocycles. The standard InChI is InChI=1S/C87H70BN3S3/c1-84(2,3)58-37-43-77-65(45-58)67-49-69-73(52-80(67)93-77)90(61-41-35-57(36-42-61)86(6,7)54-25-15-11-16-26-54)75-48-62(91-71-31-21-19-29-63(71)83-82(91)64-30-20-22-32-76(64)94-83)47-74-81(75)88(69)70-51-79-68(66-46-59(38-44-78(66)92-79)87(8,9)55-27-17-12-18-28-55)50-72(70)89(74)60-39-33-56(34-40-60)85(4,5)53-23-13-10-14-24-53/h10-52H,1-9H3/i6D3,10D,11D,12D,13D,14D,15D,16D,17D,18D,19D,20D,21D,22D,23D,24D,25D,26D,27D,28D,29D,30D,31D,32D,33D,34D,35D,36D,37D,38D,39D,40D,41D,42D,43D,44D,45D,46D,47D,48D,49D,50D,51D,52D. The number of hydrogen-bond acceptors (Lipinski definition) is 5. The van der Waals surface area contributed by atoms with Crippen molar-refractivity contribution in [2.45, 2.75) is 83.9 Å². The van der Waals surface area contributed by atoms with Gasteiger partial charge in [0, 0.05) is 105 Å². The van der Waals surface area contributed by atoms with Crippen molar-refractivity contribution >= 4 is 163 Å². The van der Waals surface area contributed by atoms with E-state index in [2.05, 4.69) is 0 Å². The molecule has 4 aromatic heterocycles. The Kier molecular flexibility index (Phi) is 5.98. The van der Waals surface area contributed by atoms with Crippen LogP contribution in [0.15, 0.2) is 260 Å². The Morgan fingerprint density at radius 3 is 1.36 bits per heavy atom. The SMILES string of the molecule is [2H]c1c([2H])c([2H])c(C(C)(C)c2c([2H])c([2H])c(N3c4c([2H])c(-n5c6c([2H])c([2H])c([2H])c([2H])c6c6sc7c([2H])c([2H])c([2H])c([2H])c7c65)c([2H])c5c4B(c4c3c([2H])c3c(sc6c([2H])c([2H])c(C(C)(C)c7c([2H])c([2H])c([2H])c([2H])c7[2H])c([2H])c63)c4[2H])c3c(c([2H])c4sc6c([2H])c([2H])c(C(C)(C)C)c([2H])c6c4c3[2H])N5c3c([2H])c([2H])c(C(C)(c4c([2H])c([2H])c([2H])c([2H])c4[2H])C([2H])([2H])[2H])c([2H])c3[2H])c([2H])c2[2H])c([2H])c1[2H]. The smallest absolute Gasteiger partial charge is 0.252 e. The van der Waals surface area contributed by atoms with Gasteiger partial charge in [-0.1, -0.05) is 231 Å². The molecule has 6 heterocycles. The molecule has 94 heavy (non-hydrogen) atoms. The molecule has 454 valence electrons. The van der Waals surface area contributed by atoms with E-state index in [0.717, 1.165) is 11.5 Å². The van der Waals surface area contributed by atoms with Crippen LogP contribution in [0.5, 0.6) is 0 Å². The third kappa shape index (κ3) is 8.60. The highest BCUT2D eigenvalue weighted by molar-refractivity contribution is 7.27. The third-order valence-electron chi connectivity index (χ3n) is 17.5. The molecular formula is C87H70BN3S3. The van der Waals surface area contributed by atoms with E-state index < -0.39 is 437 Å². The quantitative estimate of drug-likeness (QED) is 0.133. The van der Waals surface area contributed by atoms with Crippen molar-refractivity contribution < 1.29 is 63.1 Å². The van der Waals surface area contributed by atoms with Gasteiger partial charge in [0.15, 0.2) is 0 Å². The first-order valence-corrected chi connectivity index (χ1v) is 31.8. The molecule has 0 aliphatic carbocycles. The average Bonchev–Trinajstić information content (AvgIpc) is 1.23. The van der Waals surface area contributed by atoms with Gasteiger partial charge < -0.3 is 14.4 Å². The second-order valence-corrected chi connectivity index (χ2v) is 28.0. The minimum atomic E-state index is -3.79. The molecule has 18 rings (SSSR count). The maximum Gasteiger partial charge on any atom is 0.252 e. The van der Waals surface area contributed by atoms with Gasteiger partial charge in [0.05, 0.1) is 80.4 Å². The van der Waals surface area contributed by atoms with Crippen LogP contribution in [-0.4, -0.2) is 11.3 Å². The van der Waals surface area contributed by atoms with Crippen molar-refractivity contribution in [1.29, 1.82) is 0 Å². The zero-order valence-electron chi connectivity index (χ0n) is 96.6. The largest absolute Gasteiger partial charge is 0.311 e. The highest BCUT2D eigenvalue weighted by Gasteiger charge is 2.45. The van der Waals surface area contributed by atoms with Gasteiger partial charge in [-0.15, -0.1) is 34.0 Å². The van der Waals surface area contributed by atoms with Crippen molar-refractivity contribution in [3.8, 4) is 5.69 Å². The Balaban J connectivity index is 1.15. The van der Waals surface area contributed by atoms with Crippen LogP contribution in [0.4, 0.5) is 34.1 Å². The molecule has 0 amide bonds. The van der Waals surface area contributed by atoms with E-state index in [1.54, 1.807) is 20.8 Å². The maximum absolute atomic E-state index is 11.8. The first kappa shape index (κ1) is 27.1. The summed E-state index contributed by atoms with van der Waals surface area (Å²) in [5, 5.41) is -2.92. The van der Waals surface area contributed by atoms with E-state index in [1.807, 2.05) is 0 Å². The van der Waals surface area contributed by atoms with Gasteiger partial charge >= 0.3 is 0 Å². The summed E-state index contributed by atoms with van der Waals surface area (Å²) in [6.07, 6.45) is 0. The van der Waals surface area contributed by atoms with Crippen molar-refractivity contribution in [2.24, 2.45) is 0 Å². The lowest BCUT2D eigenvalue weighted by Gasteiger charge is -2.44. The predicted octanol–water partition coefficient (Wildman–Crippen LogP) is 23.1. The molecule has 0 saturated carbocycles. The van der Waals surface area contributed by atoms with Crippen molar-refractivity contribution in [3.05, 3.63) is 299 Å². The summed E-state index contributed by atoms with van der Waals surface area (Å²) in [5.74, 6) is 0. The molecule has 2 aliphatic rings. The second kappa shape index (κ2) is 20.8. The number of rotatable bonds is 9. The van der Waals surface area contributed by atoms with Crippen LogP contribution in [-0.2, 0) is 21.7 Å². The van der Waals surface area contributed by atoms with E-state index in [0.29, 0.717) is 43.8 Å². The molecule has 0 bridgehead atoms. The van der Waals surface area contributed by atoms with E-state index in [9.17, 15) is 49.3 Å². The Hall–Kier alpha value is -9.50. The van der Waals surface area contributed by atoms with Crippen LogP contribution in [0.3, 0.4) is 0 Å². The number of aromatic nitrogens is 1. The molecule has 0 radical (unpaired) electrons. The topological polar surface area (TPSA) is 11.4 Å². The molecular weight excluding hydrogens is 1190 g/mol. The minimum absolute atomic E-state index is 0.0984. The highest BCUT2D eigenvalue weighted by Crippen LogP contribution is 2.52. The molecule has 1 atom stereocenters. The number of hydrogen-bond donors (Lipinski definition) is 0. The lowest BCUT2D eigenvalue weighted by Crippen LogP contribution is -2.61. The van der Waals surface area contributed by atoms with Crippen LogP contribution >= 0.6 is 34.0 Å². The van der Waals surface area contributed by atoms with E-state index in [-0.39, 0.29) is 25.0 Å². The van der Waals surface area contributed by atoms with Crippen LogP contribution < -0.4 is 26.2 Å². The lowest BCUT2D eigenvalue weighted by molar-refractivity contribution is 0.591. The molecule has 0 N–H and O–H groups in total.